The predicted molar refractivity (Wildman–Crippen MR) is 74.6 cm³/mol. The van der Waals surface area contributed by atoms with Crippen LogP contribution in [0.4, 0.5) is 0 Å². The third kappa shape index (κ3) is 3.68. The van der Waals surface area contributed by atoms with Gasteiger partial charge in [-0.3, -0.25) is 9.59 Å². The topological polar surface area (TPSA) is 74.6 Å². The van der Waals surface area contributed by atoms with Crippen LogP contribution in [-0.2, 0) is 22.4 Å². The average molecular weight is 270 g/mol. The van der Waals surface area contributed by atoms with Gasteiger partial charge in [-0.1, -0.05) is 48.5 Å². The van der Waals surface area contributed by atoms with Crippen LogP contribution in [0.2, 0.25) is 0 Å². The van der Waals surface area contributed by atoms with Gasteiger partial charge in [-0.15, -0.1) is 0 Å². The van der Waals surface area contributed by atoms with Crippen LogP contribution < -0.4 is 0 Å². The molecule has 0 radical (unpaired) electrons. The van der Waals surface area contributed by atoms with Crippen LogP contribution in [0, 0.1) is 0 Å². The number of benzene rings is 2. The molecule has 0 aliphatic carbocycles. The van der Waals surface area contributed by atoms with E-state index in [2.05, 4.69) is 0 Å². The Balaban J connectivity index is 2.15. The Morgan fingerprint density at radius 2 is 0.950 bits per heavy atom. The van der Waals surface area contributed by atoms with Crippen molar-refractivity contribution >= 4 is 11.9 Å². The van der Waals surface area contributed by atoms with Crippen molar-refractivity contribution in [1.82, 2.24) is 0 Å². The highest BCUT2D eigenvalue weighted by Crippen LogP contribution is 2.20. The fraction of sp³-hybridized carbons (Fsp3) is 0.125. The highest BCUT2D eigenvalue weighted by Gasteiger charge is 2.03. The van der Waals surface area contributed by atoms with Crippen molar-refractivity contribution in [2.75, 3.05) is 0 Å². The molecule has 0 atom stereocenters. The van der Waals surface area contributed by atoms with Crippen molar-refractivity contribution in [3.05, 3.63) is 59.7 Å². The van der Waals surface area contributed by atoms with Gasteiger partial charge in [-0.05, 0) is 22.3 Å². The first kappa shape index (κ1) is 13.8. The standard InChI is InChI=1S/C16H14O4/c17-15(18)9-11-1-5-13(6-2-11)14-7-3-12(4-8-14)10-16(19)20/h1-8H,9-10H2,(H,17,18)(H,19,20). The summed E-state index contributed by atoms with van der Waals surface area (Å²) in [4.78, 5) is 21.2. The highest BCUT2D eigenvalue weighted by molar-refractivity contribution is 5.72. The lowest BCUT2D eigenvalue weighted by molar-refractivity contribution is -0.137. The number of aliphatic carboxylic acids is 2. The molecule has 102 valence electrons. The van der Waals surface area contributed by atoms with E-state index >= 15 is 0 Å². The fourth-order valence-electron chi connectivity index (χ4n) is 1.98. The van der Waals surface area contributed by atoms with Crippen molar-refractivity contribution in [2.24, 2.45) is 0 Å². The molecule has 0 spiro atoms. The lowest BCUT2D eigenvalue weighted by Crippen LogP contribution is -2.00. The van der Waals surface area contributed by atoms with Crippen molar-refractivity contribution < 1.29 is 19.8 Å². The van der Waals surface area contributed by atoms with Crippen LogP contribution in [0.15, 0.2) is 48.5 Å². The average Bonchev–Trinajstić information content (AvgIpc) is 2.39. The Labute approximate surface area is 116 Å². The minimum absolute atomic E-state index is 0.0117. The summed E-state index contributed by atoms with van der Waals surface area (Å²) in [6.45, 7) is 0. The van der Waals surface area contributed by atoms with Crippen LogP contribution in [0.5, 0.6) is 0 Å². The number of carboxylic acids is 2. The summed E-state index contributed by atoms with van der Waals surface area (Å²) < 4.78 is 0. The van der Waals surface area contributed by atoms with Gasteiger partial charge in [0.1, 0.15) is 0 Å². The van der Waals surface area contributed by atoms with E-state index < -0.39 is 11.9 Å². The van der Waals surface area contributed by atoms with E-state index in [0.29, 0.717) is 0 Å². The lowest BCUT2D eigenvalue weighted by atomic mass is 10.0. The molecule has 0 saturated heterocycles. The summed E-state index contributed by atoms with van der Waals surface area (Å²) in [7, 11) is 0. The highest BCUT2D eigenvalue weighted by atomic mass is 16.4. The van der Waals surface area contributed by atoms with Gasteiger partial charge in [0.25, 0.3) is 0 Å². The van der Waals surface area contributed by atoms with Crippen molar-refractivity contribution in [2.45, 2.75) is 12.8 Å². The maximum atomic E-state index is 10.6. The first-order chi connectivity index (χ1) is 9.54. The van der Waals surface area contributed by atoms with Crippen LogP contribution in [0.25, 0.3) is 11.1 Å². The number of carboxylic acid groups (broad SMARTS) is 2. The zero-order chi connectivity index (χ0) is 14.5. The number of hydrogen-bond acceptors (Lipinski definition) is 2. The second-order valence-corrected chi connectivity index (χ2v) is 4.53. The molecule has 0 amide bonds. The Morgan fingerprint density at radius 1 is 0.650 bits per heavy atom. The zero-order valence-corrected chi connectivity index (χ0v) is 10.7. The van der Waals surface area contributed by atoms with Gasteiger partial charge in [0, 0.05) is 0 Å². The molecule has 4 heteroatoms. The molecule has 0 saturated carbocycles. The fourth-order valence-corrected chi connectivity index (χ4v) is 1.98. The van der Waals surface area contributed by atoms with Crippen molar-refractivity contribution in [1.29, 1.82) is 0 Å². The lowest BCUT2D eigenvalue weighted by Gasteiger charge is -2.04. The normalized spacial score (nSPS) is 10.2. The Kier molecular flexibility index (Phi) is 4.15. The minimum atomic E-state index is -0.851. The smallest absolute Gasteiger partial charge is 0.307 e. The van der Waals surface area contributed by atoms with E-state index in [0.717, 1.165) is 22.3 Å². The Bertz CT molecular complexity index is 554. The summed E-state index contributed by atoms with van der Waals surface area (Å²) in [5.41, 5.74) is 3.45. The SMILES string of the molecule is O=C(O)Cc1ccc(-c2ccc(CC(=O)O)cc2)cc1. The summed E-state index contributed by atoms with van der Waals surface area (Å²) in [6, 6.07) is 14.6. The van der Waals surface area contributed by atoms with E-state index in [1.807, 2.05) is 24.3 Å². The van der Waals surface area contributed by atoms with Gasteiger partial charge in [-0.25, -0.2) is 0 Å². The third-order valence-electron chi connectivity index (χ3n) is 2.95. The molecular weight excluding hydrogens is 256 g/mol. The molecule has 0 fully saturated rings. The zero-order valence-electron chi connectivity index (χ0n) is 10.7. The van der Waals surface area contributed by atoms with Gasteiger partial charge < -0.3 is 10.2 Å². The van der Waals surface area contributed by atoms with Gasteiger partial charge >= 0.3 is 11.9 Å². The third-order valence-corrected chi connectivity index (χ3v) is 2.95. The quantitative estimate of drug-likeness (QED) is 0.875. The molecule has 0 aromatic heterocycles. The molecule has 0 unspecified atom stereocenters. The van der Waals surface area contributed by atoms with Crippen molar-refractivity contribution in [3.8, 4) is 11.1 Å². The van der Waals surface area contributed by atoms with E-state index in [-0.39, 0.29) is 12.8 Å². The monoisotopic (exact) mass is 270 g/mol. The molecule has 0 aliphatic rings. The number of carbonyl (C=O) groups is 2. The first-order valence-electron chi connectivity index (χ1n) is 6.16. The maximum Gasteiger partial charge on any atom is 0.307 e. The summed E-state index contributed by atoms with van der Waals surface area (Å²) in [5, 5.41) is 17.4. The Hall–Kier alpha value is -2.62. The van der Waals surface area contributed by atoms with Gasteiger partial charge in [0.05, 0.1) is 12.8 Å². The van der Waals surface area contributed by atoms with E-state index in [1.54, 1.807) is 24.3 Å². The van der Waals surface area contributed by atoms with Crippen LogP contribution >= 0.6 is 0 Å². The molecule has 2 aromatic carbocycles. The molecule has 4 nitrogen and oxygen atoms in total. The van der Waals surface area contributed by atoms with Gasteiger partial charge in [-0.2, -0.15) is 0 Å². The maximum absolute atomic E-state index is 10.6. The molecule has 2 aromatic rings. The molecule has 2 rings (SSSR count). The molecule has 0 heterocycles. The number of rotatable bonds is 5. The molecule has 2 N–H and O–H groups in total. The molecule has 20 heavy (non-hydrogen) atoms. The van der Waals surface area contributed by atoms with E-state index in [4.69, 9.17) is 10.2 Å². The first-order valence-corrected chi connectivity index (χ1v) is 6.16. The van der Waals surface area contributed by atoms with E-state index in [1.165, 1.54) is 0 Å². The van der Waals surface area contributed by atoms with Crippen LogP contribution in [0.1, 0.15) is 11.1 Å². The summed E-state index contributed by atoms with van der Waals surface area (Å²) in [6.07, 6.45) is 0.0235. The minimum Gasteiger partial charge on any atom is -0.481 e. The predicted octanol–water partition coefficient (Wildman–Crippen LogP) is 2.61. The second kappa shape index (κ2) is 6.02. The molecular formula is C16H14O4. The summed E-state index contributed by atoms with van der Waals surface area (Å²) in [5.74, 6) is -1.70. The van der Waals surface area contributed by atoms with Crippen molar-refractivity contribution in [3.63, 3.8) is 0 Å². The van der Waals surface area contributed by atoms with Crippen LogP contribution in [0.3, 0.4) is 0 Å². The van der Waals surface area contributed by atoms with E-state index in [9.17, 15) is 9.59 Å². The molecule has 0 aliphatic heterocycles. The Morgan fingerprint density at radius 3 is 1.20 bits per heavy atom. The molecule has 0 bridgehead atoms. The number of hydrogen-bond donors (Lipinski definition) is 2. The summed E-state index contributed by atoms with van der Waals surface area (Å²) >= 11 is 0. The van der Waals surface area contributed by atoms with Gasteiger partial charge in [0.2, 0.25) is 0 Å². The van der Waals surface area contributed by atoms with Gasteiger partial charge in [0.15, 0.2) is 0 Å². The largest absolute Gasteiger partial charge is 0.481 e. The second-order valence-electron chi connectivity index (χ2n) is 4.53. The van der Waals surface area contributed by atoms with Crippen LogP contribution in [-0.4, -0.2) is 22.2 Å².